The number of fused-ring (bicyclic) bond motifs is 1. The lowest BCUT2D eigenvalue weighted by molar-refractivity contribution is -0.137. The molecule has 6 nitrogen and oxygen atoms in total. The molecule has 0 radical (unpaired) electrons. The number of rotatable bonds is 5. The van der Waals surface area contributed by atoms with E-state index in [0.717, 1.165) is 11.2 Å². The predicted molar refractivity (Wildman–Crippen MR) is 72.2 cm³/mol. The SMILES string of the molecule is Cc1cc2c(NC(CC(=O)O)C(C)C)nccn2n1. The minimum absolute atomic E-state index is 0.0630. The molecule has 2 rings (SSSR count). The molecule has 1 unspecified atom stereocenters. The average Bonchev–Trinajstić information content (AvgIpc) is 2.68. The summed E-state index contributed by atoms with van der Waals surface area (Å²) in [6.45, 7) is 5.89. The maximum atomic E-state index is 10.9. The molecular formula is C13H18N4O2. The first-order valence-corrected chi connectivity index (χ1v) is 6.26. The van der Waals surface area contributed by atoms with Crippen molar-refractivity contribution in [2.45, 2.75) is 33.2 Å². The quantitative estimate of drug-likeness (QED) is 0.861. The molecule has 0 aromatic carbocycles. The van der Waals surface area contributed by atoms with Gasteiger partial charge < -0.3 is 10.4 Å². The van der Waals surface area contributed by atoms with E-state index in [1.165, 1.54) is 0 Å². The number of carbonyl (C=O) groups is 1. The number of hydrogen-bond acceptors (Lipinski definition) is 4. The summed E-state index contributed by atoms with van der Waals surface area (Å²) in [7, 11) is 0. The van der Waals surface area contributed by atoms with Crippen molar-refractivity contribution < 1.29 is 9.90 Å². The van der Waals surface area contributed by atoms with Crippen molar-refractivity contribution in [3.05, 3.63) is 24.2 Å². The molecule has 0 aliphatic heterocycles. The average molecular weight is 262 g/mol. The molecule has 2 N–H and O–H groups in total. The second kappa shape index (κ2) is 5.26. The second-order valence-electron chi connectivity index (χ2n) is 4.98. The largest absolute Gasteiger partial charge is 0.481 e. The zero-order valence-corrected chi connectivity index (χ0v) is 11.3. The van der Waals surface area contributed by atoms with Gasteiger partial charge in [-0.3, -0.25) is 4.79 Å². The van der Waals surface area contributed by atoms with E-state index in [1.54, 1.807) is 16.9 Å². The van der Waals surface area contributed by atoms with Crippen LogP contribution in [0.2, 0.25) is 0 Å². The first-order chi connectivity index (χ1) is 8.97. The number of nitrogens with one attached hydrogen (secondary N) is 1. The lowest BCUT2D eigenvalue weighted by atomic mass is 10.0. The summed E-state index contributed by atoms with van der Waals surface area (Å²) in [4.78, 5) is 15.2. The van der Waals surface area contributed by atoms with E-state index < -0.39 is 5.97 Å². The normalized spacial score (nSPS) is 12.8. The van der Waals surface area contributed by atoms with E-state index in [0.29, 0.717) is 5.82 Å². The van der Waals surface area contributed by atoms with Crippen molar-refractivity contribution >= 4 is 17.3 Å². The lowest BCUT2D eigenvalue weighted by Gasteiger charge is -2.21. The van der Waals surface area contributed by atoms with Crippen molar-refractivity contribution in [1.82, 2.24) is 14.6 Å². The van der Waals surface area contributed by atoms with Gasteiger partial charge in [0.25, 0.3) is 0 Å². The van der Waals surface area contributed by atoms with Gasteiger partial charge in [0.1, 0.15) is 5.52 Å². The first kappa shape index (κ1) is 13.3. The van der Waals surface area contributed by atoms with Crippen LogP contribution in [0.4, 0.5) is 5.82 Å². The molecule has 2 aromatic rings. The molecule has 0 saturated heterocycles. The van der Waals surface area contributed by atoms with E-state index >= 15 is 0 Å². The Morgan fingerprint density at radius 1 is 1.53 bits per heavy atom. The summed E-state index contributed by atoms with van der Waals surface area (Å²) in [6, 6.07) is 1.76. The summed E-state index contributed by atoms with van der Waals surface area (Å²) in [5.41, 5.74) is 1.76. The number of nitrogens with zero attached hydrogens (tertiary/aromatic N) is 3. The molecule has 1 atom stereocenters. The number of anilines is 1. The minimum atomic E-state index is -0.817. The van der Waals surface area contributed by atoms with Gasteiger partial charge in [-0.05, 0) is 18.9 Å². The van der Waals surface area contributed by atoms with E-state index in [1.807, 2.05) is 26.8 Å². The smallest absolute Gasteiger partial charge is 0.305 e. The fraction of sp³-hybridized carbons (Fsp3) is 0.462. The Morgan fingerprint density at radius 3 is 2.89 bits per heavy atom. The highest BCUT2D eigenvalue weighted by atomic mass is 16.4. The molecule has 0 bridgehead atoms. The highest BCUT2D eigenvalue weighted by Crippen LogP contribution is 2.19. The van der Waals surface area contributed by atoms with Crippen LogP contribution in [-0.4, -0.2) is 31.7 Å². The monoisotopic (exact) mass is 262 g/mol. The highest BCUT2D eigenvalue weighted by molar-refractivity contribution is 5.71. The Hall–Kier alpha value is -2.11. The fourth-order valence-electron chi connectivity index (χ4n) is 1.97. The molecule has 0 aliphatic rings. The number of hydrogen-bond donors (Lipinski definition) is 2. The van der Waals surface area contributed by atoms with Gasteiger partial charge in [0.15, 0.2) is 5.82 Å². The van der Waals surface area contributed by atoms with Gasteiger partial charge in [-0.2, -0.15) is 5.10 Å². The predicted octanol–water partition coefficient (Wildman–Crippen LogP) is 1.95. The van der Waals surface area contributed by atoms with Crippen LogP contribution in [0.1, 0.15) is 26.0 Å². The number of carboxylic acids is 1. The van der Waals surface area contributed by atoms with Crippen molar-refractivity contribution in [2.24, 2.45) is 5.92 Å². The van der Waals surface area contributed by atoms with Gasteiger partial charge in [0.05, 0.1) is 12.1 Å². The third kappa shape index (κ3) is 3.01. The molecule has 6 heteroatoms. The Bertz CT molecular complexity index is 591. The van der Waals surface area contributed by atoms with Crippen molar-refractivity contribution in [3.8, 4) is 0 Å². The van der Waals surface area contributed by atoms with Crippen molar-refractivity contribution in [2.75, 3.05) is 5.32 Å². The molecule has 0 amide bonds. The van der Waals surface area contributed by atoms with Gasteiger partial charge >= 0.3 is 5.97 Å². The van der Waals surface area contributed by atoms with E-state index in [9.17, 15) is 4.79 Å². The topological polar surface area (TPSA) is 79.5 Å². The molecule has 0 saturated carbocycles. The van der Waals surface area contributed by atoms with Crippen molar-refractivity contribution in [3.63, 3.8) is 0 Å². The summed E-state index contributed by atoms with van der Waals surface area (Å²) in [6.07, 6.45) is 3.49. The van der Waals surface area contributed by atoms with Crippen LogP contribution in [0.15, 0.2) is 18.5 Å². The van der Waals surface area contributed by atoms with Gasteiger partial charge in [-0.1, -0.05) is 13.8 Å². The molecular weight excluding hydrogens is 244 g/mol. The molecule has 0 aliphatic carbocycles. The van der Waals surface area contributed by atoms with Crippen LogP contribution in [0, 0.1) is 12.8 Å². The molecule has 0 fully saturated rings. The number of aliphatic carboxylic acids is 1. The Morgan fingerprint density at radius 2 is 2.26 bits per heavy atom. The van der Waals surface area contributed by atoms with E-state index in [2.05, 4.69) is 15.4 Å². The molecule has 102 valence electrons. The highest BCUT2D eigenvalue weighted by Gasteiger charge is 2.18. The molecule has 2 heterocycles. The Balaban J connectivity index is 2.30. The summed E-state index contributed by atoms with van der Waals surface area (Å²) < 4.78 is 1.74. The van der Waals surface area contributed by atoms with Crippen LogP contribution < -0.4 is 5.32 Å². The van der Waals surface area contributed by atoms with Gasteiger partial charge in [0, 0.05) is 18.4 Å². The molecule has 0 spiro atoms. The third-order valence-electron chi connectivity index (χ3n) is 3.03. The maximum Gasteiger partial charge on any atom is 0.305 e. The summed E-state index contributed by atoms with van der Waals surface area (Å²) >= 11 is 0. The van der Waals surface area contributed by atoms with E-state index in [4.69, 9.17) is 5.11 Å². The fourth-order valence-corrected chi connectivity index (χ4v) is 1.97. The maximum absolute atomic E-state index is 10.9. The number of carboxylic acid groups (broad SMARTS) is 1. The zero-order valence-electron chi connectivity index (χ0n) is 11.3. The van der Waals surface area contributed by atoms with Crippen LogP contribution in [0.3, 0.4) is 0 Å². The molecule has 2 aromatic heterocycles. The van der Waals surface area contributed by atoms with Crippen molar-refractivity contribution in [1.29, 1.82) is 0 Å². The van der Waals surface area contributed by atoms with Gasteiger partial charge in [-0.25, -0.2) is 9.50 Å². The zero-order chi connectivity index (χ0) is 14.0. The van der Waals surface area contributed by atoms with Crippen LogP contribution in [-0.2, 0) is 4.79 Å². The molecule has 19 heavy (non-hydrogen) atoms. The number of aromatic nitrogens is 3. The Labute approximate surface area is 111 Å². The van der Waals surface area contributed by atoms with Gasteiger partial charge in [0.2, 0.25) is 0 Å². The standard InChI is InChI=1S/C13H18N4O2/c1-8(2)10(7-12(18)19)15-13-11-6-9(3)16-17(11)5-4-14-13/h4-6,8,10H,7H2,1-3H3,(H,14,15)(H,18,19). The summed E-state index contributed by atoms with van der Waals surface area (Å²) in [5, 5.41) is 16.5. The third-order valence-corrected chi connectivity index (χ3v) is 3.03. The van der Waals surface area contributed by atoms with Crippen LogP contribution in [0.5, 0.6) is 0 Å². The summed E-state index contributed by atoms with van der Waals surface area (Å²) in [5.74, 6) is 0.0491. The van der Waals surface area contributed by atoms with E-state index in [-0.39, 0.29) is 18.4 Å². The van der Waals surface area contributed by atoms with Crippen LogP contribution in [0.25, 0.3) is 5.52 Å². The number of aryl methyl sites for hydroxylation is 1. The van der Waals surface area contributed by atoms with Gasteiger partial charge in [-0.15, -0.1) is 0 Å². The second-order valence-corrected chi connectivity index (χ2v) is 4.98. The lowest BCUT2D eigenvalue weighted by Crippen LogP contribution is -2.29. The van der Waals surface area contributed by atoms with Crippen LogP contribution >= 0.6 is 0 Å². The Kier molecular flexibility index (Phi) is 3.69. The first-order valence-electron chi connectivity index (χ1n) is 6.26. The minimum Gasteiger partial charge on any atom is -0.481 e.